The van der Waals surface area contributed by atoms with Crippen LogP contribution >= 0.6 is 0 Å². The van der Waals surface area contributed by atoms with Crippen molar-refractivity contribution in [2.24, 2.45) is 0 Å². The zero-order valence-electron chi connectivity index (χ0n) is 13.9. The summed E-state index contributed by atoms with van der Waals surface area (Å²) >= 11 is 0. The van der Waals surface area contributed by atoms with Crippen molar-refractivity contribution < 1.29 is 13.2 Å². The van der Waals surface area contributed by atoms with Gasteiger partial charge in [-0.25, -0.2) is 13.4 Å². The minimum atomic E-state index is -3.39. The highest BCUT2D eigenvalue weighted by Gasteiger charge is 2.31. The standard InChI is InChI=1S/C16H25N3O3S/c1-3-16(2)13-18(10-11-22-16)15-7-6-14(12-17-15)23(20,21)19-8-4-5-9-19/h6-7,12H,3-5,8-11,13H2,1-2H3. The lowest BCUT2D eigenvalue weighted by Crippen LogP contribution is -2.50. The molecule has 128 valence electrons. The lowest BCUT2D eigenvalue weighted by Gasteiger charge is -2.40. The summed E-state index contributed by atoms with van der Waals surface area (Å²) < 4.78 is 32.4. The lowest BCUT2D eigenvalue weighted by atomic mass is 10.0. The number of hydrogen-bond acceptors (Lipinski definition) is 5. The Morgan fingerprint density at radius 2 is 2.00 bits per heavy atom. The highest BCUT2D eigenvalue weighted by atomic mass is 32.2. The summed E-state index contributed by atoms with van der Waals surface area (Å²) in [6.07, 6.45) is 4.30. The first kappa shape index (κ1) is 16.7. The molecule has 1 aromatic heterocycles. The summed E-state index contributed by atoms with van der Waals surface area (Å²) in [5.74, 6) is 0.813. The molecule has 3 rings (SSSR count). The quantitative estimate of drug-likeness (QED) is 0.838. The molecule has 0 aliphatic carbocycles. The maximum Gasteiger partial charge on any atom is 0.244 e. The Morgan fingerprint density at radius 3 is 2.61 bits per heavy atom. The SMILES string of the molecule is CCC1(C)CN(c2ccc(S(=O)(=O)N3CCCC3)cn2)CCO1. The third kappa shape index (κ3) is 3.36. The second-order valence-corrected chi connectivity index (χ2v) is 8.47. The number of aromatic nitrogens is 1. The van der Waals surface area contributed by atoms with Crippen LogP contribution in [0.2, 0.25) is 0 Å². The van der Waals surface area contributed by atoms with E-state index in [0.717, 1.165) is 38.2 Å². The van der Waals surface area contributed by atoms with Crippen molar-refractivity contribution in [1.29, 1.82) is 0 Å². The first-order chi connectivity index (χ1) is 10.9. The van der Waals surface area contributed by atoms with Crippen LogP contribution in [0.3, 0.4) is 0 Å². The Morgan fingerprint density at radius 1 is 1.26 bits per heavy atom. The molecule has 3 heterocycles. The van der Waals surface area contributed by atoms with Crippen molar-refractivity contribution in [3.8, 4) is 0 Å². The number of morpholine rings is 1. The average Bonchev–Trinajstić information content (AvgIpc) is 3.10. The number of pyridine rings is 1. The molecular formula is C16H25N3O3S. The van der Waals surface area contributed by atoms with Crippen LogP contribution in [0.15, 0.2) is 23.2 Å². The van der Waals surface area contributed by atoms with Gasteiger partial charge in [-0.2, -0.15) is 4.31 Å². The third-order valence-electron chi connectivity index (χ3n) is 4.83. The van der Waals surface area contributed by atoms with E-state index < -0.39 is 10.0 Å². The molecule has 0 aromatic carbocycles. The molecule has 2 aliphatic heterocycles. The first-order valence-electron chi connectivity index (χ1n) is 8.30. The van der Waals surface area contributed by atoms with Crippen LogP contribution < -0.4 is 4.90 Å². The van der Waals surface area contributed by atoms with Crippen molar-refractivity contribution in [2.45, 2.75) is 43.6 Å². The first-order valence-corrected chi connectivity index (χ1v) is 9.74. The van der Waals surface area contributed by atoms with Crippen LogP contribution in [0.4, 0.5) is 5.82 Å². The molecule has 0 spiro atoms. The molecule has 6 nitrogen and oxygen atoms in total. The van der Waals surface area contributed by atoms with Crippen LogP contribution in [0.1, 0.15) is 33.1 Å². The molecule has 0 saturated carbocycles. The predicted molar refractivity (Wildman–Crippen MR) is 89.1 cm³/mol. The maximum absolute atomic E-state index is 12.5. The van der Waals surface area contributed by atoms with Gasteiger partial charge in [0.05, 0.1) is 12.2 Å². The van der Waals surface area contributed by atoms with Crippen molar-refractivity contribution in [1.82, 2.24) is 9.29 Å². The molecule has 23 heavy (non-hydrogen) atoms. The zero-order chi connectivity index (χ0) is 16.5. The van der Waals surface area contributed by atoms with E-state index in [0.29, 0.717) is 19.7 Å². The van der Waals surface area contributed by atoms with Crippen molar-refractivity contribution in [3.05, 3.63) is 18.3 Å². The number of nitrogens with zero attached hydrogens (tertiary/aromatic N) is 3. The molecule has 7 heteroatoms. The number of ether oxygens (including phenoxy) is 1. The van der Waals surface area contributed by atoms with Gasteiger partial charge in [0.25, 0.3) is 0 Å². The summed E-state index contributed by atoms with van der Waals surface area (Å²) in [6.45, 7) is 7.66. The smallest absolute Gasteiger partial charge is 0.244 e. The maximum atomic E-state index is 12.5. The van der Waals surface area contributed by atoms with Crippen LogP contribution in [-0.4, -0.2) is 56.1 Å². The average molecular weight is 339 g/mol. The van der Waals surface area contributed by atoms with Crippen molar-refractivity contribution in [2.75, 3.05) is 37.7 Å². The minimum Gasteiger partial charge on any atom is -0.372 e. The van der Waals surface area contributed by atoms with Gasteiger partial charge in [-0.1, -0.05) is 6.92 Å². The fourth-order valence-corrected chi connectivity index (χ4v) is 4.59. The Balaban J connectivity index is 1.77. The Hall–Kier alpha value is -1.18. The van der Waals surface area contributed by atoms with E-state index in [1.165, 1.54) is 6.20 Å². The number of hydrogen-bond donors (Lipinski definition) is 0. The molecule has 2 fully saturated rings. The van der Waals surface area contributed by atoms with Crippen LogP contribution in [0, 0.1) is 0 Å². The van der Waals surface area contributed by atoms with E-state index in [-0.39, 0.29) is 10.5 Å². The predicted octanol–water partition coefficient (Wildman–Crippen LogP) is 1.87. The van der Waals surface area contributed by atoms with Gasteiger partial charge >= 0.3 is 0 Å². The minimum absolute atomic E-state index is 0.166. The summed E-state index contributed by atoms with van der Waals surface area (Å²) in [4.78, 5) is 6.86. The summed E-state index contributed by atoms with van der Waals surface area (Å²) in [5.41, 5.74) is -0.166. The van der Waals surface area contributed by atoms with Crippen LogP contribution in [0.25, 0.3) is 0 Å². The van der Waals surface area contributed by atoms with E-state index in [9.17, 15) is 8.42 Å². The number of rotatable bonds is 4. The van der Waals surface area contributed by atoms with Crippen molar-refractivity contribution >= 4 is 15.8 Å². The molecule has 1 atom stereocenters. The van der Waals surface area contributed by atoms with Crippen LogP contribution in [0.5, 0.6) is 0 Å². The molecule has 2 aliphatic rings. The Labute approximate surface area is 138 Å². The Kier molecular flexibility index (Phi) is 4.62. The number of anilines is 1. The van der Waals surface area contributed by atoms with Crippen molar-refractivity contribution in [3.63, 3.8) is 0 Å². The molecule has 0 N–H and O–H groups in total. The molecule has 0 radical (unpaired) electrons. The monoisotopic (exact) mass is 339 g/mol. The summed E-state index contributed by atoms with van der Waals surface area (Å²) in [7, 11) is -3.39. The molecule has 1 aromatic rings. The largest absolute Gasteiger partial charge is 0.372 e. The zero-order valence-corrected chi connectivity index (χ0v) is 14.7. The fourth-order valence-electron chi connectivity index (χ4n) is 3.13. The molecule has 1 unspecified atom stereocenters. The van der Waals surface area contributed by atoms with Gasteiger partial charge in [0.1, 0.15) is 10.7 Å². The second kappa shape index (κ2) is 6.37. The van der Waals surface area contributed by atoms with Gasteiger partial charge in [-0.05, 0) is 38.3 Å². The number of sulfonamides is 1. The fraction of sp³-hybridized carbons (Fsp3) is 0.688. The third-order valence-corrected chi connectivity index (χ3v) is 6.71. The summed E-state index contributed by atoms with van der Waals surface area (Å²) in [5, 5.41) is 0. The van der Waals surface area contributed by atoms with Gasteiger partial charge in [0, 0.05) is 32.4 Å². The van der Waals surface area contributed by atoms with Gasteiger partial charge in [0.15, 0.2) is 0 Å². The van der Waals surface area contributed by atoms with E-state index in [1.54, 1.807) is 10.4 Å². The molecule has 2 saturated heterocycles. The van der Waals surface area contributed by atoms with Gasteiger partial charge in [-0.15, -0.1) is 0 Å². The van der Waals surface area contributed by atoms with Gasteiger partial charge < -0.3 is 9.64 Å². The highest BCUT2D eigenvalue weighted by Crippen LogP contribution is 2.26. The molecule has 0 bridgehead atoms. The second-order valence-electron chi connectivity index (χ2n) is 6.54. The van der Waals surface area contributed by atoms with E-state index in [1.807, 2.05) is 6.07 Å². The molecule has 0 amide bonds. The normalized spacial score (nSPS) is 26.6. The van der Waals surface area contributed by atoms with Crippen LogP contribution in [-0.2, 0) is 14.8 Å². The van der Waals surface area contributed by atoms with E-state index >= 15 is 0 Å². The van der Waals surface area contributed by atoms with Gasteiger partial charge in [-0.3, -0.25) is 0 Å². The Bertz CT molecular complexity index is 641. The summed E-state index contributed by atoms with van der Waals surface area (Å²) in [6, 6.07) is 3.49. The highest BCUT2D eigenvalue weighted by molar-refractivity contribution is 7.89. The van der Waals surface area contributed by atoms with E-state index in [4.69, 9.17) is 4.74 Å². The lowest BCUT2D eigenvalue weighted by molar-refractivity contribution is -0.0443. The van der Waals surface area contributed by atoms with Gasteiger partial charge in [0.2, 0.25) is 10.0 Å². The topological polar surface area (TPSA) is 62.7 Å². The van der Waals surface area contributed by atoms with E-state index in [2.05, 4.69) is 23.7 Å². The molecular weight excluding hydrogens is 314 g/mol.